The van der Waals surface area contributed by atoms with Crippen LogP contribution >= 0.6 is 0 Å². The van der Waals surface area contributed by atoms with E-state index in [0.717, 1.165) is 12.5 Å². The van der Waals surface area contributed by atoms with Crippen LogP contribution in [0.4, 0.5) is 0 Å². The van der Waals surface area contributed by atoms with Crippen LogP contribution in [0.2, 0.25) is 0 Å². The van der Waals surface area contributed by atoms with Gasteiger partial charge >= 0.3 is 0 Å². The Morgan fingerprint density at radius 2 is 2.31 bits per heavy atom. The molecule has 1 aliphatic heterocycles. The van der Waals surface area contributed by atoms with Gasteiger partial charge in [0, 0.05) is 18.4 Å². The van der Waals surface area contributed by atoms with E-state index in [2.05, 4.69) is 29.4 Å². The third-order valence-corrected chi connectivity index (χ3v) is 3.77. The topological polar surface area (TPSA) is 24.9 Å². The molecule has 1 aromatic rings. The van der Waals surface area contributed by atoms with Crippen LogP contribution in [0.1, 0.15) is 30.4 Å². The third kappa shape index (κ3) is 1.67. The molecule has 0 radical (unpaired) electrons. The molecule has 1 aromatic heterocycles. The summed E-state index contributed by atoms with van der Waals surface area (Å²) in [7, 11) is 0. The maximum Gasteiger partial charge on any atom is 0.0354 e. The lowest BCUT2D eigenvalue weighted by atomic mass is 9.88. The fourth-order valence-electron chi connectivity index (χ4n) is 2.99. The average Bonchev–Trinajstić information content (AvgIpc) is 2.72. The summed E-state index contributed by atoms with van der Waals surface area (Å²) in [6.45, 7) is 3.27. The quantitative estimate of drug-likeness (QED) is 0.777. The van der Waals surface area contributed by atoms with Crippen molar-refractivity contribution in [3.63, 3.8) is 0 Å². The molecule has 0 bridgehead atoms. The highest BCUT2D eigenvalue weighted by Crippen LogP contribution is 2.36. The van der Waals surface area contributed by atoms with Crippen LogP contribution in [-0.2, 0) is 0 Å². The molecule has 0 saturated carbocycles. The second-order valence-electron chi connectivity index (χ2n) is 4.98. The van der Waals surface area contributed by atoms with Crippen LogP contribution in [0.5, 0.6) is 0 Å². The molecule has 2 unspecified atom stereocenters. The second kappa shape index (κ2) is 4.02. The molecule has 0 spiro atoms. The van der Waals surface area contributed by atoms with Gasteiger partial charge in [0.2, 0.25) is 0 Å². The van der Waals surface area contributed by atoms with Gasteiger partial charge in [0.05, 0.1) is 0 Å². The van der Waals surface area contributed by atoms with Crippen LogP contribution in [0.25, 0.3) is 5.57 Å². The first kappa shape index (κ1) is 10.0. The fourth-order valence-corrected chi connectivity index (χ4v) is 2.99. The maximum atomic E-state index is 4.30. The second-order valence-corrected chi connectivity index (χ2v) is 4.98. The number of hydrogen-bond donors (Lipinski definition) is 1. The maximum absolute atomic E-state index is 4.30. The van der Waals surface area contributed by atoms with E-state index in [0.29, 0.717) is 6.04 Å². The van der Waals surface area contributed by atoms with Crippen molar-refractivity contribution < 1.29 is 0 Å². The number of piperidine rings is 1. The van der Waals surface area contributed by atoms with Crippen LogP contribution in [0, 0.1) is 12.8 Å². The first-order chi connectivity index (χ1) is 7.84. The van der Waals surface area contributed by atoms with E-state index in [1.54, 1.807) is 0 Å². The number of nitrogens with one attached hydrogen (secondary N) is 1. The number of allylic oxidation sites excluding steroid dienone is 1. The summed E-state index contributed by atoms with van der Waals surface area (Å²) in [6, 6.07) is 2.83. The third-order valence-electron chi connectivity index (χ3n) is 3.77. The molecule has 16 heavy (non-hydrogen) atoms. The number of aryl methyl sites for hydroxylation is 1. The SMILES string of the molecule is Cc1cncc(C2=CCC3CCCNC23)c1. The van der Waals surface area contributed by atoms with Gasteiger partial charge in [-0.25, -0.2) is 0 Å². The lowest BCUT2D eigenvalue weighted by Crippen LogP contribution is -2.39. The monoisotopic (exact) mass is 214 g/mol. The molecule has 2 atom stereocenters. The van der Waals surface area contributed by atoms with Gasteiger partial charge in [-0.05, 0) is 61.4 Å². The summed E-state index contributed by atoms with van der Waals surface area (Å²) in [5.41, 5.74) is 4.03. The molecule has 1 N–H and O–H groups in total. The lowest BCUT2D eigenvalue weighted by molar-refractivity contribution is 0.346. The number of nitrogens with zero attached hydrogens (tertiary/aromatic N) is 1. The van der Waals surface area contributed by atoms with Crippen molar-refractivity contribution in [1.82, 2.24) is 10.3 Å². The Balaban J connectivity index is 1.90. The number of aromatic nitrogens is 1. The van der Waals surface area contributed by atoms with Gasteiger partial charge in [0.1, 0.15) is 0 Å². The van der Waals surface area contributed by atoms with Gasteiger partial charge in [-0.2, -0.15) is 0 Å². The van der Waals surface area contributed by atoms with Crippen LogP contribution in [0.3, 0.4) is 0 Å². The van der Waals surface area contributed by atoms with Crippen LogP contribution in [0.15, 0.2) is 24.5 Å². The first-order valence-electron chi connectivity index (χ1n) is 6.20. The molecule has 1 fully saturated rings. The molecule has 0 aromatic carbocycles. The fraction of sp³-hybridized carbons (Fsp3) is 0.500. The number of fused-ring (bicyclic) bond motifs is 1. The summed E-state index contributed by atoms with van der Waals surface area (Å²) in [5.74, 6) is 0.823. The predicted octanol–water partition coefficient (Wildman–Crippen LogP) is 2.55. The van der Waals surface area contributed by atoms with Crippen molar-refractivity contribution >= 4 is 5.57 Å². The highest BCUT2D eigenvalue weighted by atomic mass is 14.9. The molecular formula is C14H18N2. The molecule has 1 aliphatic carbocycles. The summed E-state index contributed by atoms with van der Waals surface area (Å²) < 4.78 is 0. The van der Waals surface area contributed by atoms with E-state index >= 15 is 0 Å². The number of rotatable bonds is 1. The smallest absolute Gasteiger partial charge is 0.0354 e. The van der Waals surface area contributed by atoms with Crippen molar-refractivity contribution in [2.45, 2.75) is 32.2 Å². The van der Waals surface area contributed by atoms with Crippen LogP contribution in [-0.4, -0.2) is 17.6 Å². The van der Waals surface area contributed by atoms with Gasteiger partial charge in [-0.3, -0.25) is 4.98 Å². The molecule has 3 rings (SSSR count). The van der Waals surface area contributed by atoms with Crippen molar-refractivity contribution in [3.05, 3.63) is 35.7 Å². The summed E-state index contributed by atoms with van der Waals surface area (Å²) >= 11 is 0. The predicted molar refractivity (Wildman–Crippen MR) is 66.1 cm³/mol. The van der Waals surface area contributed by atoms with Crippen molar-refractivity contribution in [3.8, 4) is 0 Å². The molecule has 2 heterocycles. The minimum Gasteiger partial charge on any atom is -0.310 e. The standard InChI is InChI=1S/C14H18N2/c1-10-7-12(9-15-8-10)13-5-4-11-3-2-6-16-14(11)13/h5,7-9,11,14,16H,2-4,6H2,1H3. The summed E-state index contributed by atoms with van der Waals surface area (Å²) in [5, 5.41) is 3.65. The minimum absolute atomic E-state index is 0.581. The zero-order valence-electron chi connectivity index (χ0n) is 9.74. The van der Waals surface area contributed by atoms with Crippen molar-refractivity contribution in [2.24, 2.45) is 5.92 Å². The van der Waals surface area contributed by atoms with Gasteiger partial charge in [-0.15, -0.1) is 0 Å². The largest absolute Gasteiger partial charge is 0.310 e. The molecule has 2 aliphatic rings. The first-order valence-corrected chi connectivity index (χ1v) is 6.20. The Bertz CT molecular complexity index is 422. The van der Waals surface area contributed by atoms with E-state index in [4.69, 9.17) is 0 Å². The van der Waals surface area contributed by atoms with Gasteiger partial charge < -0.3 is 5.32 Å². The Morgan fingerprint density at radius 3 is 3.19 bits per heavy atom. The summed E-state index contributed by atoms with van der Waals surface area (Å²) in [6.07, 6.45) is 10.3. The Labute approximate surface area is 96.8 Å². The highest BCUT2D eigenvalue weighted by Gasteiger charge is 2.32. The Kier molecular flexibility index (Phi) is 2.52. The normalized spacial score (nSPS) is 28.7. The molecule has 84 valence electrons. The van der Waals surface area contributed by atoms with E-state index in [1.165, 1.54) is 36.0 Å². The molecule has 2 nitrogen and oxygen atoms in total. The highest BCUT2D eigenvalue weighted by molar-refractivity contribution is 5.72. The van der Waals surface area contributed by atoms with E-state index < -0.39 is 0 Å². The van der Waals surface area contributed by atoms with E-state index in [-0.39, 0.29) is 0 Å². The molecular weight excluding hydrogens is 196 g/mol. The van der Waals surface area contributed by atoms with Gasteiger partial charge in [0.25, 0.3) is 0 Å². The van der Waals surface area contributed by atoms with Crippen molar-refractivity contribution in [1.29, 1.82) is 0 Å². The minimum atomic E-state index is 0.581. The molecule has 1 saturated heterocycles. The van der Waals surface area contributed by atoms with Gasteiger partial charge in [0.15, 0.2) is 0 Å². The van der Waals surface area contributed by atoms with Crippen LogP contribution < -0.4 is 5.32 Å². The van der Waals surface area contributed by atoms with E-state index in [1.807, 2.05) is 12.4 Å². The lowest BCUT2D eigenvalue weighted by Gasteiger charge is -2.29. The zero-order valence-corrected chi connectivity index (χ0v) is 9.74. The number of hydrogen-bond acceptors (Lipinski definition) is 2. The van der Waals surface area contributed by atoms with E-state index in [9.17, 15) is 0 Å². The molecule has 0 amide bonds. The summed E-state index contributed by atoms with van der Waals surface area (Å²) in [4.78, 5) is 4.30. The zero-order chi connectivity index (χ0) is 11.0. The average molecular weight is 214 g/mol. The number of pyridine rings is 1. The van der Waals surface area contributed by atoms with Gasteiger partial charge in [-0.1, -0.05) is 6.08 Å². The Morgan fingerprint density at radius 1 is 1.38 bits per heavy atom. The molecule has 2 heteroatoms. The Hall–Kier alpha value is -1.15. The van der Waals surface area contributed by atoms with Crippen molar-refractivity contribution in [2.75, 3.05) is 6.54 Å².